The molecule has 6 heteroatoms. The van der Waals surface area contributed by atoms with Gasteiger partial charge in [-0.1, -0.05) is 23.5 Å². The zero-order chi connectivity index (χ0) is 19.8. The van der Waals surface area contributed by atoms with E-state index in [0.29, 0.717) is 23.0 Å². The van der Waals surface area contributed by atoms with Gasteiger partial charge in [-0.05, 0) is 62.6 Å². The molecule has 0 aliphatic carbocycles. The van der Waals surface area contributed by atoms with Crippen LogP contribution in [0.5, 0.6) is 0 Å². The third-order valence-electron chi connectivity index (χ3n) is 4.63. The first kappa shape index (κ1) is 18.4. The number of aromatic nitrogens is 2. The highest BCUT2D eigenvalue weighted by atomic mass is 32.1. The van der Waals surface area contributed by atoms with Gasteiger partial charge in [0.1, 0.15) is 11.5 Å². The molecule has 142 valence electrons. The minimum absolute atomic E-state index is 0.119. The van der Waals surface area contributed by atoms with Crippen LogP contribution in [0.1, 0.15) is 38.6 Å². The lowest BCUT2D eigenvalue weighted by Crippen LogP contribution is -2.30. The highest BCUT2D eigenvalue weighted by molar-refractivity contribution is 7.22. The van der Waals surface area contributed by atoms with Crippen molar-refractivity contribution in [2.45, 2.75) is 34.2 Å². The van der Waals surface area contributed by atoms with Crippen molar-refractivity contribution in [2.75, 3.05) is 4.90 Å². The van der Waals surface area contributed by atoms with Crippen LogP contribution < -0.4 is 4.90 Å². The quantitative estimate of drug-likeness (QED) is 0.469. The van der Waals surface area contributed by atoms with Crippen molar-refractivity contribution in [3.8, 4) is 0 Å². The molecule has 0 aliphatic heterocycles. The van der Waals surface area contributed by atoms with Gasteiger partial charge in [-0.2, -0.15) is 0 Å². The molecule has 0 aliphatic rings. The Balaban J connectivity index is 1.82. The number of carbonyl (C=O) groups excluding carboxylic acids is 1. The maximum absolute atomic E-state index is 13.4. The Morgan fingerprint density at radius 1 is 1.18 bits per heavy atom. The minimum atomic E-state index is -0.119. The molecule has 5 nitrogen and oxygen atoms in total. The molecular weight excluding hydrogens is 370 g/mol. The Kier molecular flexibility index (Phi) is 4.73. The van der Waals surface area contributed by atoms with E-state index in [0.717, 1.165) is 27.1 Å². The SMILES string of the molecule is Cc1cc(C)c2nc(N(Cc3cccnc3)C(=O)c3cc(C)oc3C)sc2c1. The van der Waals surface area contributed by atoms with E-state index in [1.807, 2.05) is 26.0 Å². The molecule has 0 unspecified atom stereocenters. The highest BCUT2D eigenvalue weighted by Crippen LogP contribution is 2.33. The van der Waals surface area contributed by atoms with Gasteiger partial charge in [0, 0.05) is 12.4 Å². The lowest BCUT2D eigenvalue weighted by Gasteiger charge is -2.19. The van der Waals surface area contributed by atoms with Crippen LogP contribution in [0.2, 0.25) is 0 Å². The van der Waals surface area contributed by atoms with E-state index < -0.39 is 0 Å². The van der Waals surface area contributed by atoms with Gasteiger partial charge in [-0.15, -0.1) is 0 Å². The monoisotopic (exact) mass is 391 g/mol. The van der Waals surface area contributed by atoms with Crippen molar-refractivity contribution in [2.24, 2.45) is 0 Å². The van der Waals surface area contributed by atoms with Crippen molar-refractivity contribution in [1.29, 1.82) is 0 Å². The number of benzene rings is 1. The molecule has 0 saturated heterocycles. The summed E-state index contributed by atoms with van der Waals surface area (Å²) >= 11 is 1.53. The first-order valence-electron chi connectivity index (χ1n) is 9.08. The molecule has 0 radical (unpaired) electrons. The molecule has 28 heavy (non-hydrogen) atoms. The smallest absolute Gasteiger partial charge is 0.263 e. The van der Waals surface area contributed by atoms with Crippen LogP contribution in [0.3, 0.4) is 0 Å². The van der Waals surface area contributed by atoms with Gasteiger partial charge in [0.25, 0.3) is 5.91 Å². The van der Waals surface area contributed by atoms with E-state index >= 15 is 0 Å². The van der Waals surface area contributed by atoms with Gasteiger partial charge in [-0.25, -0.2) is 4.98 Å². The number of carbonyl (C=O) groups is 1. The van der Waals surface area contributed by atoms with Crippen LogP contribution in [0, 0.1) is 27.7 Å². The second-order valence-corrected chi connectivity index (χ2v) is 8.01. The van der Waals surface area contributed by atoms with E-state index in [9.17, 15) is 4.79 Å². The van der Waals surface area contributed by atoms with Crippen molar-refractivity contribution >= 4 is 32.6 Å². The Labute approximate surface area is 167 Å². The first-order chi connectivity index (χ1) is 13.4. The fourth-order valence-corrected chi connectivity index (χ4v) is 4.50. The van der Waals surface area contributed by atoms with Crippen LogP contribution >= 0.6 is 11.3 Å². The summed E-state index contributed by atoms with van der Waals surface area (Å²) in [6.07, 6.45) is 3.50. The summed E-state index contributed by atoms with van der Waals surface area (Å²) in [6, 6.07) is 9.85. The normalized spacial score (nSPS) is 11.1. The van der Waals surface area contributed by atoms with Gasteiger partial charge < -0.3 is 4.42 Å². The number of thiazole rings is 1. The molecule has 1 aromatic carbocycles. The first-order valence-corrected chi connectivity index (χ1v) is 9.89. The standard InChI is InChI=1S/C22H21N3O2S/c1-13-8-14(2)20-19(9-13)28-22(24-20)25(12-17-6-5-7-23-11-17)21(26)18-10-15(3)27-16(18)4/h5-11H,12H2,1-4H3. The van der Waals surface area contributed by atoms with Crippen LogP contribution in [0.15, 0.2) is 47.1 Å². The van der Waals surface area contributed by atoms with Gasteiger partial charge >= 0.3 is 0 Å². The molecule has 0 bridgehead atoms. The molecule has 0 fully saturated rings. The maximum Gasteiger partial charge on any atom is 0.263 e. The van der Waals surface area contributed by atoms with Crippen molar-refractivity contribution in [1.82, 2.24) is 9.97 Å². The summed E-state index contributed by atoms with van der Waals surface area (Å²) in [5.74, 6) is 1.22. The predicted octanol–water partition coefficient (Wildman–Crippen LogP) is 5.36. The van der Waals surface area contributed by atoms with Crippen LogP contribution in [-0.4, -0.2) is 15.9 Å². The Morgan fingerprint density at radius 3 is 2.68 bits per heavy atom. The highest BCUT2D eigenvalue weighted by Gasteiger charge is 2.25. The number of rotatable bonds is 4. The third-order valence-corrected chi connectivity index (χ3v) is 5.65. The van der Waals surface area contributed by atoms with E-state index in [4.69, 9.17) is 9.40 Å². The second kappa shape index (κ2) is 7.20. The maximum atomic E-state index is 13.4. The second-order valence-electron chi connectivity index (χ2n) is 7.00. The topological polar surface area (TPSA) is 59.2 Å². The summed E-state index contributed by atoms with van der Waals surface area (Å²) in [4.78, 5) is 24.1. The van der Waals surface area contributed by atoms with E-state index in [1.165, 1.54) is 16.9 Å². The van der Waals surface area contributed by atoms with Crippen molar-refractivity contribution in [3.63, 3.8) is 0 Å². The van der Waals surface area contributed by atoms with Crippen molar-refractivity contribution < 1.29 is 9.21 Å². The lowest BCUT2D eigenvalue weighted by molar-refractivity contribution is 0.0983. The Bertz CT molecular complexity index is 1160. The summed E-state index contributed by atoms with van der Waals surface area (Å²) in [6.45, 7) is 8.18. The van der Waals surface area contributed by atoms with E-state index in [-0.39, 0.29) is 5.91 Å². The number of hydrogen-bond acceptors (Lipinski definition) is 5. The average Bonchev–Trinajstić information content (AvgIpc) is 3.22. The number of pyridine rings is 1. The molecule has 3 aromatic heterocycles. The van der Waals surface area contributed by atoms with Crippen LogP contribution in [0.4, 0.5) is 5.13 Å². The fraction of sp³-hybridized carbons (Fsp3) is 0.227. The van der Waals surface area contributed by atoms with Gasteiger partial charge in [0.15, 0.2) is 5.13 Å². The Morgan fingerprint density at radius 2 is 2.00 bits per heavy atom. The largest absolute Gasteiger partial charge is 0.466 e. The number of amides is 1. The number of nitrogens with zero attached hydrogens (tertiary/aromatic N) is 3. The van der Waals surface area contributed by atoms with Gasteiger partial charge in [0.05, 0.1) is 22.3 Å². The molecule has 4 aromatic rings. The molecule has 3 heterocycles. The number of fused-ring (bicyclic) bond motifs is 1. The van der Waals surface area contributed by atoms with Gasteiger partial charge in [-0.3, -0.25) is 14.7 Å². The lowest BCUT2D eigenvalue weighted by atomic mass is 10.1. The summed E-state index contributed by atoms with van der Waals surface area (Å²) in [5, 5.41) is 0.677. The molecule has 4 rings (SSSR count). The zero-order valence-electron chi connectivity index (χ0n) is 16.3. The summed E-state index contributed by atoms with van der Waals surface area (Å²) < 4.78 is 6.67. The van der Waals surface area contributed by atoms with Crippen molar-refractivity contribution in [3.05, 3.63) is 76.5 Å². The number of hydrogen-bond donors (Lipinski definition) is 0. The molecular formula is C22H21N3O2S. The Hall–Kier alpha value is -2.99. The molecule has 0 saturated carbocycles. The summed E-state index contributed by atoms with van der Waals surface area (Å²) in [7, 11) is 0. The molecule has 0 atom stereocenters. The van der Waals surface area contributed by atoms with E-state index in [1.54, 1.807) is 23.4 Å². The van der Waals surface area contributed by atoms with Crippen LogP contribution in [0.25, 0.3) is 10.2 Å². The molecule has 0 spiro atoms. The van der Waals surface area contributed by atoms with Gasteiger partial charge in [0.2, 0.25) is 0 Å². The zero-order valence-corrected chi connectivity index (χ0v) is 17.1. The predicted molar refractivity (Wildman–Crippen MR) is 112 cm³/mol. The number of anilines is 1. The number of aryl methyl sites for hydroxylation is 4. The van der Waals surface area contributed by atoms with E-state index in [2.05, 4.69) is 31.0 Å². The van der Waals surface area contributed by atoms with Crippen LogP contribution in [-0.2, 0) is 6.54 Å². The fourth-order valence-electron chi connectivity index (χ4n) is 3.36. The third kappa shape index (κ3) is 3.43. The molecule has 1 amide bonds. The minimum Gasteiger partial charge on any atom is -0.466 e. The number of furan rings is 1. The summed E-state index contributed by atoms with van der Waals surface area (Å²) in [5.41, 5.74) is 4.75. The molecule has 0 N–H and O–H groups in total. The average molecular weight is 391 g/mol.